The lowest BCUT2D eigenvalue weighted by atomic mass is 10.0. The average molecular weight is 526 g/mol. The first-order valence-electron chi connectivity index (χ1n) is 11.9. The van der Waals surface area contributed by atoms with E-state index in [2.05, 4.69) is 132 Å². The van der Waals surface area contributed by atoms with Crippen molar-refractivity contribution < 1.29 is 33.4 Å². The van der Waals surface area contributed by atoms with E-state index in [1.807, 2.05) is 0 Å². The summed E-state index contributed by atoms with van der Waals surface area (Å²) in [5, 5.41) is 0. The van der Waals surface area contributed by atoms with Crippen molar-refractivity contribution in [2.45, 2.75) is 13.8 Å². The summed E-state index contributed by atoms with van der Waals surface area (Å²) in [4.78, 5) is 5.43. The number of hydrogen-bond donors (Lipinski definition) is 0. The van der Waals surface area contributed by atoms with Gasteiger partial charge in [-0.15, -0.1) is 10.2 Å². The summed E-state index contributed by atoms with van der Waals surface area (Å²) in [6, 6.07) is 33.8. The summed E-state index contributed by atoms with van der Waals surface area (Å²) in [5.74, 6) is 0.961. The topological polar surface area (TPSA) is 113 Å². The number of rotatable bonds is 3. The molecule has 0 bridgehead atoms. The molecule has 0 fully saturated rings. The molecule has 6 rings (SSSR count). The fourth-order valence-electron chi connectivity index (χ4n) is 4.93. The van der Waals surface area contributed by atoms with E-state index in [0.717, 1.165) is 17.0 Å². The summed E-state index contributed by atoms with van der Waals surface area (Å²) in [5.41, 5.74) is 10.4. The quantitative estimate of drug-likeness (QED) is 0.335. The van der Waals surface area contributed by atoms with Crippen molar-refractivity contribution in [3.05, 3.63) is 126 Å². The molecule has 7 nitrogen and oxygen atoms in total. The molecule has 0 saturated carbocycles. The van der Waals surface area contributed by atoms with Crippen molar-refractivity contribution in [3.63, 3.8) is 0 Å². The molecule has 0 radical (unpaired) electrons. The van der Waals surface area contributed by atoms with Crippen molar-refractivity contribution in [3.8, 4) is 11.1 Å². The zero-order valence-electron chi connectivity index (χ0n) is 20.7. The van der Waals surface area contributed by atoms with Crippen molar-refractivity contribution >= 4 is 28.2 Å². The maximum atomic E-state index is 8.49. The van der Waals surface area contributed by atoms with Crippen LogP contribution in [0.15, 0.2) is 114 Å². The van der Waals surface area contributed by atoms with E-state index < -0.39 is 10.2 Å². The van der Waals surface area contributed by atoms with Gasteiger partial charge in [0.05, 0.1) is 22.9 Å². The Morgan fingerprint density at radius 3 is 1.95 bits per heavy atom. The second kappa shape index (κ2) is 10.3. The minimum Gasteiger partial charge on any atom is -0.317 e. The Labute approximate surface area is 222 Å². The highest BCUT2D eigenvalue weighted by atomic mass is 35.7. The van der Waals surface area contributed by atoms with E-state index in [0.29, 0.717) is 0 Å². The second-order valence-electron chi connectivity index (χ2n) is 8.77. The first kappa shape index (κ1) is 25.5. The molecule has 8 heteroatoms. The van der Waals surface area contributed by atoms with E-state index >= 15 is 0 Å². The molecule has 0 aliphatic carbocycles. The van der Waals surface area contributed by atoms with Crippen LogP contribution < -0.4 is 23.2 Å². The number of aromatic nitrogens is 2. The number of benzene rings is 2. The third-order valence-electron chi connectivity index (χ3n) is 6.48. The van der Waals surface area contributed by atoms with Crippen LogP contribution in [-0.2, 0) is 0 Å². The van der Waals surface area contributed by atoms with E-state index in [-0.39, 0.29) is 0 Å². The van der Waals surface area contributed by atoms with Crippen molar-refractivity contribution in [2.75, 3.05) is 0 Å². The molecule has 5 aromatic rings. The van der Waals surface area contributed by atoms with Crippen LogP contribution in [0.3, 0.4) is 0 Å². The highest BCUT2D eigenvalue weighted by molar-refractivity contribution is 6.28. The standard InChI is InChI=1S/C30H24N3.ClHO4/c1-21-25-17-9-12-20-33(25)30(27(21)23-13-5-3-6-14-23)31-29-26-18-10-11-19-32(26)22(2)28(29)24-15-7-4-8-16-24;2-1(3,4)5/h3-20H,1-2H3;(H,2,3,4,5)/q+1;/p-1. The first-order valence-corrected chi connectivity index (χ1v) is 13.1. The molecule has 3 aromatic heterocycles. The molecule has 0 spiro atoms. The van der Waals surface area contributed by atoms with Crippen LogP contribution in [0.2, 0.25) is 0 Å². The largest absolute Gasteiger partial charge is 0.337 e. The van der Waals surface area contributed by atoms with Crippen LogP contribution in [0.4, 0.5) is 5.69 Å². The van der Waals surface area contributed by atoms with Crippen molar-refractivity contribution in [1.29, 1.82) is 0 Å². The highest BCUT2D eigenvalue weighted by Crippen LogP contribution is 2.41. The number of fused-ring (bicyclic) bond motifs is 2. The van der Waals surface area contributed by atoms with Gasteiger partial charge < -0.3 is 4.40 Å². The summed E-state index contributed by atoms with van der Waals surface area (Å²) < 4.78 is 38.4. The smallest absolute Gasteiger partial charge is 0.317 e. The molecule has 1 aliphatic heterocycles. The molecule has 38 heavy (non-hydrogen) atoms. The predicted molar refractivity (Wildman–Crippen MR) is 136 cm³/mol. The van der Waals surface area contributed by atoms with E-state index in [9.17, 15) is 0 Å². The molecule has 190 valence electrons. The molecule has 0 amide bonds. The average Bonchev–Trinajstić information content (AvgIpc) is 3.35. The second-order valence-corrected chi connectivity index (χ2v) is 9.52. The summed E-state index contributed by atoms with van der Waals surface area (Å²) in [6.45, 7) is 4.37. The third kappa shape index (κ3) is 5.02. The fraction of sp³-hybridized carbons (Fsp3) is 0.0667. The lowest BCUT2D eigenvalue weighted by Gasteiger charge is -2.17. The Kier molecular flexibility index (Phi) is 6.94. The molecular formula is C30H24ClN3O4. The van der Waals surface area contributed by atoms with Gasteiger partial charge in [0.25, 0.3) is 0 Å². The van der Waals surface area contributed by atoms with Crippen LogP contribution in [0.5, 0.6) is 0 Å². The van der Waals surface area contributed by atoms with Crippen molar-refractivity contribution in [2.24, 2.45) is 4.99 Å². The highest BCUT2D eigenvalue weighted by Gasteiger charge is 2.35. The minimum atomic E-state index is -4.94. The van der Waals surface area contributed by atoms with Gasteiger partial charge in [-0.2, -0.15) is 4.57 Å². The summed E-state index contributed by atoms with van der Waals surface area (Å²) in [6.07, 6.45) is 4.23. The van der Waals surface area contributed by atoms with Gasteiger partial charge in [-0.25, -0.2) is 18.6 Å². The van der Waals surface area contributed by atoms with Gasteiger partial charge in [-0.3, -0.25) is 0 Å². The number of halogens is 1. The molecule has 4 heterocycles. The molecule has 0 saturated heterocycles. The monoisotopic (exact) mass is 525 g/mol. The number of pyridine rings is 2. The Bertz CT molecular complexity index is 1660. The summed E-state index contributed by atoms with van der Waals surface area (Å²) in [7, 11) is -4.94. The lowest BCUT2D eigenvalue weighted by Crippen LogP contribution is -2.68. The molecule has 2 aromatic carbocycles. The molecule has 0 N–H and O–H groups in total. The Balaban J connectivity index is 0.000000540. The Morgan fingerprint density at radius 2 is 1.29 bits per heavy atom. The SMILES string of the molecule is CC1=C(c2ccccc2)C(=Nc2c(-c3ccccc3)c(C)n3ccccc23)[n+]2ccccc21.[O-][Cl+3]([O-])([O-])[O-]. The molecule has 0 atom stereocenters. The molecular weight excluding hydrogens is 502 g/mol. The maximum Gasteiger partial charge on any atom is 0.337 e. The van der Waals surface area contributed by atoms with Gasteiger partial charge in [-0.05, 0) is 54.2 Å². The van der Waals surface area contributed by atoms with Gasteiger partial charge in [0.2, 0.25) is 5.69 Å². The van der Waals surface area contributed by atoms with Gasteiger partial charge >= 0.3 is 5.84 Å². The maximum absolute atomic E-state index is 8.49. The number of hydrogen-bond acceptors (Lipinski definition) is 5. The first-order chi connectivity index (χ1) is 18.2. The van der Waals surface area contributed by atoms with Gasteiger partial charge in [0, 0.05) is 17.5 Å². The van der Waals surface area contributed by atoms with Crippen LogP contribution >= 0.6 is 0 Å². The number of allylic oxidation sites excluding steroid dienone is 2. The summed E-state index contributed by atoms with van der Waals surface area (Å²) >= 11 is 0. The van der Waals surface area contributed by atoms with Crippen molar-refractivity contribution in [1.82, 2.24) is 4.40 Å². The Hall–Kier alpha value is -4.11. The number of nitrogens with zero attached hydrogens (tertiary/aromatic N) is 3. The van der Waals surface area contributed by atoms with Crippen LogP contribution in [-0.4, -0.2) is 10.2 Å². The van der Waals surface area contributed by atoms with Gasteiger partial charge in [0.15, 0.2) is 0 Å². The predicted octanol–water partition coefficient (Wildman–Crippen LogP) is 1.97. The van der Waals surface area contributed by atoms with Crippen LogP contribution in [0.25, 0.3) is 27.8 Å². The number of aryl methyl sites for hydroxylation is 1. The Morgan fingerprint density at radius 1 is 0.711 bits per heavy atom. The molecule has 0 unspecified atom stereocenters. The zero-order chi connectivity index (χ0) is 26.9. The fourth-order valence-corrected chi connectivity index (χ4v) is 4.93. The normalized spacial score (nSPS) is 14.0. The van der Waals surface area contributed by atoms with E-state index in [1.165, 1.54) is 39.2 Å². The van der Waals surface area contributed by atoms with E-state index in [1.54, 1.807) is 0 Å². The zero-order valence-corrected chi connectivity index (χ0v) is 21.5. The number of aliphatic imine (C=N–C) groups is 1. The van der Waals surface area contributed by atoms with E-state index in [4.69, 9.17) is 23.6 Å². The van der Waals surface area contributed by atoms with Gasteiger partial charge in [0.1, 0.15) is 5.69 Å². The third-order valence-corrected chi connectivity index (χ3v) is 6.48. The lowest BCUT2D eigenvalue weighted by molar-refractivity contribution is -2.00. The van der Waals surface area contributed by atoms with Gasteiger partial charge in [-0.1, -0.05) is 72.8 Å². The van der Waals surface area contributed by atoms with Crippen LogP contribution in [0, 0.1) is 17.2 Å². The van der Waals surface area contributed by atoms with Crippen LogP contribution in [0.1, 0.15) is 23.9 Å². The minimum absolute atomic E-state index is 0.961. The molecule has 1 aliphatic rings.